The molecule has 3 rings (SSSR count). The summed E-state index contributed by atoms with van der Waals surface area (Å²) in [5.74, 6) is 5.57. The highest BCUT2D eigenvalue weighted by atomic mass is 35.5. The Morgan fingerprint density at radius 3 is 2.56 bits per heavy atom. The van der Waals surface area contributed by atoms with Crippen LogP contribution in [0.15, 0.2) is 18.2 Å². The zero-order valence-electron chi connectivity index (χ0n) is 15.7. The molecule has 136 valence electrons. The van der Waals surface area contributed by atoms with Crippen LogP contribution in [0, 0.1) is 11.8 Å². The van der Waals surface area contributed by atoms with E-state index in [1.54, 1.807) is 0 Å². The molecule has 0 saturated heterocycles. The van der Waals surface area contributed by atoms with Gasteiger partial charge in [0.15, 0.2) is 0 Å². The summed E-state index contributed by atoms with van der Waals surface area (Å²) in [6.07, 6.45) is 4.46. The average Bonchev–Trinajstić information content (AvgIpc) is 2.67. The monoisotopic (exact) mass is 360 g/mol. The van der Waals surface area contributed by atoms with Crippen molar-refractivity contribution in [1.82, 2.24) is 4.98 Å². The first-order valence-electron chi connectivity index (χ1n) is 9.21. The second kappa shape index (κ2) is 11.7. The molecule has 2 N–H and O–H groups in total. The van der Waals surface area contributed by atoms with Gasteiger partial charge in [-0.05, 0) is 49.4 Å². The lowest BCUT2D eigenvalue weighted by Crippen LogP contribution is -2.11. The molecule has 0 amide bonds. The Morgan fingerprint density at radius 1 is 1.12 bits per heavy atom. The number of hydrogen-bond acceptors (Lipinski definition) is 3. The number of hydrogen-bond donors (Lipinski definition) is 2. The van der Waals surface area contributed by atoms with E-state index >= 15 is 0 Å². The zero-order chi connectivity index (χ0) is 18.7. The molecular weight excluding hydrogens is 332 g/mol. The fraction of sp³-hybridized carbons (Fsp3) is 0.476. The first-order valence-corrected chi connectivity index (χ1v) is 9.59. The van der Waals surface area contributed by atoms with Crippen molar-refractivity contribution < 1.29 is 5.11 Å². The molecule has 0 saturated carbocycles. The first kappa shape index (κ1) is 21.3. The number of aryl methyl sites for hydroxylation is 1. The van der Waals surface area contributed by atoms with E-state index in [0.29, 0.717) is 11.6 Å². The molecule has 1 aliphatic carbocycles. The Balaban J connectivity index is 0.000000730. The van der Waals surface area contributed by atoms with Crippen molar-refractivity contribution in [3.8, 4) is 11.8 Å². The highest BCUT2D eigenvalue weighted by Gasteiger charge is 2.17. The van der Waals surface area contributed by atoms with E-state index in [2.05, 4.69) is 17.2 Å². The quantitative estimate of drug-likeness (QED) is 0.721. The van der Waals surface area contributed by atoms with Gasteiger partial charge < -0.3 is 10.4 Å². The van der Waals surface area contributed by atoms with E-state index in [4.69, 9.17) is 21.7 Å². The van der Waals surface area contributed by atoms with Crippen LogP contribution in [0.3, 0.4) is 0 Å². The van der Waals surface area contributed by atoms with Crippen LogP contribution in [-0.4, -0.2) is 23.2 Å². The summed E-state index contributed by atoms with van der Waals surface area (Å²) >= 11 is 6.09. The highest BCUT2D eigenvalue weighted by molar-refractivity contribution is 6.31. The number of benzene rings is 1. The van der Waals surface area contributed by atoms with Gasteiger partial charge in [0, 0.05) is 21.8 Å². The van der Waals surface area contributed by atoms with E-state index < -0.39 is 0 Å². The molecule has 1 aromatic carbocycles. The Bertz CT molecular complexity index is 732. The second-order valence-corrected chi connectivity index (χ2v) is 5.58. The summed E-state index contributed by atoms with van der Waals surface area (Å²) in [6, 6.07) is 5.82. The molecule has 1 aromatic heterocycles. The topological polar surface area (TPSA) is 45.1 Å². The zero-order valence-corrected chi connectivity index (χ0v) is 16.5. The molecule has 4 heteroatoms. The molecule has 0 fully saturated rings. The molecule has 0 aliphatic heterocycles. The number of fused-ring (bicyclic) bond motifs is 2. The number of anilines is 1. The van der Waals surface area contributed by atoms with Crippen LogP contribution in [0.25, 0.3) is 10.9 Å². The van der Waals surface area contributed by atoms with E-state index in [1.807, 2.05) is 45.9 Å². The maximum Gasteiger partial charge on any atom is 0.104 e. The normalized spacial score (nSPS) is 11.8. The van der Waals surface area contributed by atoms with Crippen molar-refractivity contribution in [3.05, 3.63) is 34.5 Å². The van der Waals surface area contributed by atoms with E-state index in [0.717, 1.165) is 29.4 Å². The smallest absolute Gasteiger partial charge is 0.104 e. The van der Waals surface area contributed by atoms with Crippen molar-refractivity contribution >= 4 is 28.2 Å². The third kappa shape index (κ3) is 5.63. The first-order chi connectivity index (χ1) is 12.3. The van der Waals surface area contributed by atoms with Crippen molar-refractivity contribution in [2.24, 2.45) is 0 Å². The fourth-order valence-corrected chi connectivity index (χ4v) is 3.02. The number of aromatic nitrogens is 1. The second-order valence-electron chi connectivity index (χ2n) is 5.15. The minimum absolute atomic E-state index is 0.105. The molecule has 0 unspecified atom stereocenters. The van der Waals surface area contributed by atoms with Crippen LogP contribution in [0.1, 0.15) is 51.8 Å². The van der Waals surface area contributed by atoms with E-state index in [-0.39, 0.29) is 6.61 Å². The minimum atomic E-state index is -0.105. The lowest BCUT2D eigenvalue weighted by atomic mass is 9.92. The lowest BCUT2D eigenvalue weighted by molar-refractivity contribution is 0.350. The van der Waals surface area contributed by atoms with Crippen molar-refractivity contribution in [2.45, 2.75) is 53.4 Å². The number of nitrogens with zero attached hydrogens (tertiary/aromatic N) is 1. The maximum absolute atomic E-state index is 8.73. The summed E-state index contributed by atoms with van der Waals surface area (Å²) in [6.45, 7) is 8.42. The third-order valence-electron chi connectivity index (χ3n) is 3.78. The average molecular weight is 361 g/mol. The van der Waals surface area contributed by atoms with Crippen LogP contribution >= 0.6 is 11.6 Å². The van der Waals surface area contributed by atoms with Gasteiger partial charge in [0.05, 0.1) is 12.1 Å². The van der Waals surface area contributed by atoms with Gasteiger partial charge in [-0.25, -0.2) is 0 Å². The number of halogens is 1. The largest absolute Gasteiger partial charge is 0.384 e. The molecular formula is C21H29ClN2O. The van der Waals surface area contributed by atoms with Crippen LogP contribution in [0.4, 0.5) is 5.69 Å². The van der Waals surface area contributed by atoms with Gasteiger partial charge in [0.1, 0.15) is 6.61 Å². The van der Waals surface area contributed by atoms with Crippen LogP contribution in [0.5, 0.6) is 0 Å². The molecule has 1 aliphatic rings. The SMILES string of the molecule is CC.CC.OCC#CCNc1c2c(nc3cc(Cl)ccc13)CCCC2. The summed E-state index contributed by atoms with van der Waals surface area (Å²) in [5.41, 5.74) is 4.54. The van der Waals surface area contributed by atoms with Gasteiger partial charge >= 0.3 is 0 Å². The van der Waals surface area contributed by atoms with Gasteiger partial charge in [-0.15, -0.1) is 0 Å². The molecule has 1 heterocycles. The molecule has 3 nitrogen and oxygen atoms in total. The molecule has 25 heavy (non-hydrogen) atoms. The summed E-state index contributed by atoms with van der Waals surface area (Å²) in [4.78, 5) is 4.78. The van der Waals surface area contributed by atoms with E-state index in [9.17, 15) is 0 Å². The Labute approximate surface area is 156 Å². The summed E-state index contributed by atoms with van der Waals surface area (Å²) < 4.78 is 0. The van der Waals surface area contributed by atoms with Crippen LogP contribution in [0.2, 0.25) is 5.02 Å². The standard InChI is InChI=1S/C17H17ClN2O.2C2H6/c18-12-7-8-14-16(11-12)20-15-6-2-1-5-13(15)17(14)19-9-3-4-10-21;2*1-2/h7-8,11,21H,1-2,5-6,9-10H2,(H,19,20);2*1-2H3. The third-order valence-corrected chi connectivity index (χ3v) is 4.02. The predicted molar refractivity (Wildman–Crippen MR) is 109 cm³/mol. The van der Waals surface area contributed by atoms with Crippen LogP contribution in [-0.2, 0) is 12.8 Å². The van der Waals surface area contributed by atoms with Crippen molar-refractivity contribution in [3.63, 3.8) is 0 Å². The number of rotatable bonds is 2. The van der Waals surface area contributed by atoms with Gasteiger partial charge in [-0.2, -0.15) is 0 Å². The molecule has 0 spiro atoms. The number of pyridine rings is 1. The molecule has 0 atom stereocenters. The molecule has 0 radical (unpaired) electrons. The molecule has 2 aromatic rings. The maximum atomic E-state index is 8.73. The fourth-order valence-electron chi connectivity index (χ4n) is 2.85. The van der Waals surface area contributed by atoms with Crippen molar-refractivity contribution in [2.75, 3.05) is 18.5 Å². The molecule has 0 bridgehead atoms. The number of aliphatic hydroxyl groups is 1. The van der Waals surface area contributed by atoms with Gasteiger partial charge in [-0.3, -0.25) is 4.98 Å². The number of nitrogens with one attached hydrogen (secondary N) is 1. The Morgan fingerprint density at radius 2 is 1.84 bits per heavy atom. The lowest BCUT2D eigenvalue weighted by Gasteiger charge is -2.21. The van der Waals surface area contributed by atoms with E-state index in [1.165, 1.54) is 24.1 Å². The minimum Gasteiger partial charge on any atom is -0.384 e. The van der Waals surface area contributed by atoms with Crippen molar-refractivity contribution in [1.29, 1.82) is 0 Å². The van der Waals surface area contributed by atoms with Crippen LogP contribution < -0.4 is 5.32 Å². The summed E-state index contributed by atoms with van der Waals surface area (Å²) in [7, 11) is 0. The van der Waals surface area contributed by atoms with Gasteiger partial charge in [0.25, 0.3) is 0 Å². The number of aliphatic hydroxyl groups excluding tert-OH is 1. The Kier molecular flexibility index (Phi) is 9.99. The van der Waals surface area contributed by atoms with Gasteiger partial charge in [-0.1, -0.05) is 51.1 Å². The predicted octanol–water partition coefficient (Wildman–Crippen LogP) is 5.23. The van der Waals surface area contributed by atoms with Gasteiger partial charge in [0.2, 0.25) is 0 Å². The Hall–Kier alpha value is -1.76. The highest BCUT2D eigenvalue weighted by Crippen LogP contribution is 2.34. The summed E-state index contributed by atoms with van der Waals surface area (Å²) in [5, 5.41) is 13.9.